The third-order valence-electron chi connectivity index (χ3n) is 4.42. The second-order valence-corrected chi connectivity index (χ2v) is 6.18. The largest absolute Gasteiger partial charge is 0.325 e. The van der Waals surface area contributed by atoms with Crippen molar-refractivity contribution in [2.75, 3.05) is 5.32 Å². The standard InChI is InChI=1S/C17H21N3O.2ClH/c1-17(18)11-5-4-7-13(17)16(21)20-15-10-9-12-6-2-3-8-14(12)19-15;;/h2-3,6,8-10,13H,4-5,7,11,18H2,1H3,(H,19,20,21);2*1H. The van der Waals surface area contributed by atoms with Crippen molar-refractivity contribution in [3.63, 3.8) is 0 Å². The number of nitrogens with one attached hydrogen (secondary N) is 1. The van der Waals surface area contributed by atoms with Crippen LogP contribution in [0, 0.1) is 5.92 Å². The van der Waals surface area contributed by atoms with Crippen LogP contribution in [0.4, 0.5) is 5.82 Å². The Morgan fingerprint density at radius 1 is 1.22 bits per heavy atom. The molecule has 1 aromatic heterocycles. The molecule has 1 saturated carbocycles. The second kappa shape index (κ2) is 7.95. The third-order valence-corrected chi connectivity index (χ3v) is 4.42. The van der Waals surface area contributed by atoms with Gasteiger partial charge < -0.3 is 11.1 Å². The predicted molar refractivity (Wildman–Crippen MR) is 99.4 cm³/mol. The van der Waals surface area contributed by atoms with Crippen LogP contribution < -0.4 is 11.1 Å². The maximum absolute atomic E-state index is 12.5. The molecule has 23 heavy (non-hydrogen) atoms. The third kappa shape index (κ3) is 4.34. The summed E-state index contributed by atoms with van der Waals surface area (Å²) in [6, 6.07) is 11.7. The summed E-state index contributed by atoms with van der Waals surface area (Å²) in [6.45, 7) is 1.98. The lowest BCUT2D eigenvalue weighted by Crippen LogP contribution is -2.51. The first-order valence-corrected chi connectivity index (χ1v) is 7.52. The first-order valence-electron chi connectivity index (χ1n) is 7.52. The molecule has 0 bridgehead atoms. The van der Waals surface area contributed by atoms with Gasteiger partial charge in [0.15, 0.2) is 0 Å². The lowest BCUT2D eigenvalue weighted by molar-refractivity contribution is -0.122. The zero-order valence-electron chi connectivity index (χ0n) is 13.1. The number of hydrogen-bond acceptors (Lipinski definition) is 3. The molecule has 2 unspecified atom stereocenters. The summed E-state index contributed by atoms with van der Waals surface area (Å²) >= 11 is 0. The number of hydrogen-bond donors (Lipinski definition) is 2. The van der Waals surface area contributed by atoms with Crippen LogP contribution >= 0.6 is 24.8 Å². The number of fused-ring (bicyclic) bond motifs is 1. The van der Waals surface area contributed by atoms with Crippen LogP contribution in [0.2, 0.25) is 0 Å². The van der Waals surface area contributed by atoms with Crippen LogP contribution in [0.5, 0.6) is 0 Å². The lowest BCUT2D eigenvalue weighted by atomic mass is 9.74. The van der Waals surface area contributed by atoms with E-state index in [1.54, 1.807) is 0 Å². The highest BCUT2D eigenvalue weighted by Gasteiger charge is 2.37. The monoisotopic (exact) mass is 355 g/mol. The first kappa shape index (κ1) is 19.7. The number of anilines is 1. The van der Waals surface area contributed by atoms with E-state index in [1.807, 2.05) is 43.3 Å². The molecule has 0 saturated heterocycles. The number of para-hydroxylation sites is 1. The molecule has 1 amide bonds. The Balaban J connectivity index is 0.00000132. The Morgan fingerprint density at radius 3 is 2.70 bits per heavy atom. The van der Waals surface area contributed by atoms with E-state index in [0.717, 1.165) is 36.6 Å². The summed E-state index contributed by atoms with van der Waals surface area (Å²) < 4.78 is 0. The summed E-state index contributed by atoms with van der Waals surface area (Å²) in [5, 5.41) is 4.00. The van der Waals surface area contributed by atoms with Crippen molar-refractivity contribution in [1.82, 2.24) is 4.98 Å². The number of rotatable bonds is 2. The van der Waals surface area contributed by atoms with Gasteiger partial charge >= 0.3 is 0 Å². The van der Waals surface area contributed by atoms with Crippen LogP contribution in [0.25, 0.3) is 10.9 Å². The molecule has 3 rings (SSSR count). The molecular formula is C17H23Cl2N3O. The minimum absolute atomic E-state index is 0. The van der Waals surface area contributed by atoms with Gasteiger partial charge in [-0.25, -0.2) is 4.98 Å². The molecule has 2 atom stereocenters. The number of carbonyl (C=O) groups excluding carboxylic acids is 1. The van der Waals surface area contributed by atoms with Gasteiger partial charge in [-0.2, -0.15) is 0 Å². The van der Waals surface area contributed by atoms with E-state index in [1.165, 1.54) is 0 Å². The van der Waals surface area contributed by atoms with Gasteiger partial charge in [0, 0.05) is 10.9 Å². The predicted octanol–water partition coefficient (Wildman–Crippen LogP) is 3.92. The number of benzene rings is 1. The lowest BCUT2D eigenvalue weighted by Gasteiger charge is -2.37. The normalized spacial score (nSPS) is 23.5. The number of nitrogens with two attached hydrogens (primary N) is 1. The molecule has 1 aliphatic carbocycles. The zero-order chi connectivity index (χ0) is 14.9. The SMILES string of the molecule is CC1(N)CCCCC1C(=O)Nc1ccc2ccccc2n1.Cl.Cl. The van der Waals surface area contributed by atoms with Crippen LogP contribution in [0.3, 0.4) is 0 Å². The molecule has 1 aromatic carbocycles. The van der Waals surface area contributed by atoms with E-state index in [4.69, 9.17) is 5.73 Å². The Morgan fingerprint density at radius 2 is 1.96 bits per heavy atom. The fourth-order valence-corrected chi connectivity index (χ4v) is 3.14. The second-order valence-electron chi connectivity index (χ2n) is 6.18. The van der Waals surface area contributed by atoms with Gasteiger partial charge in [0.2, 0.25) is 5.91 Å². The molecule has 0 radical (unpaired) electrons. The molecule has 0 aliphatic heterocycles. The molecular weight excluding hydrogens is 333 g/mol. The molecule has 0 spiro atoms. The summed E-state index contributed by atoms with van der Waals surface area (Å²) in [7, 11) is 0. The van der Waals surface area contributed by atoms with E-state index in [0.29, 0.717) is 5.82 Å². The maximum atomic E-state index is 12.5. The first-order chi connectivity index (χ1) is 10.1. The van der Waals surface area contributed by atoms with Gasteiger partial charge in [-0.15, -0.1) is 24.8 Å². The molecule has 4 nitrogen and oxygen atoms in total. The Labute approximate surface area is 149 Å². The smallest absolute Gasteiger partial charge is 0.230 e. The van der Waals surface area contributed by atoms with Crippen molar-refractivity contribution >= 4 is 47.4 Å². The topological polar surface area (TPSA) is 68.0 Å². The molecule has 2 aromatic rings. The van der Waals surface area contributed by atoms with E-state index in [-0.39, 0.29) is 36.6 Å². The van der Waals surface area contributed by atoms with Crippen LogP contribution in [0.1, 0.15) is 32.6 Å². The van der Waals surface area contributed by atoms with E-state index >= 15 is 0 Å². The van der Waals surface area contributed by atoms with Gasteiger partial charge in [-0.3, -0.25) is 4.79 Å². The van der Waals surface area contributed by atoms with Crippen molar-refractivity contribution < 1.29 is 4.79 Å². The Bertz CT molecular complexity index is 676. The highest BCUT2D eigenvalue weighted by Crippen LogP contribution is 2.32. The van der Waals surface area contributed by atoms with Gasteiger partial charge in [0.05, 0.1) is 11.4 Å². The number of nitrogens with zero attached hydrogens (tertiary/aromatic N) is 1. The van der Waals surface area contributed by atoms with Crippen LogP contribution in [0.15, 0.2) is 36.4 Å². The highest BCUT2D eigenvalue weighted by atomic mass is 35.5. The number of amides is 1. The minimum Gasteiger partial charge on any atom is -0.325 e. The quantitative estimate of drug-likeness (QED) is 0.857. The summed E-state index contributed by atoms with van der Waals surface area (Å²) in [4.78, 5) is 17.0. The highest BCUT2D eigenvalue weighted by molar-refractivity contribution is 5.94. The van der Waals surface area contributed by atoms with Gasteiger partial charge in [-0.05, 0) is 38.0 Å². The average molecular weight is 356 g/mol. The average Bonchev–Trinajstić information content (AvgIpc) is 2.46. The fourth-order valence-electron chi connectivity index (χ4n) is 3.14. The number of halogens is 2. The molecule has 1 heterocycles. The Kier molecular flexibility index (Phi) is 6.81. The van der Waals surface area contributed by atoms with Gasteiger partial charge in [-0.1, -0.05) is 31.0 Å². The maximum Gasteiger partial charge on any atom is 0.230 e. The van der Waals surface area contributed by atoms with Crippen molar-refractivity contribution in [2.45, 2.75) is 38.1 Å². The number of carbonyl (C=O) groups is 1. The van der Waals surface area contributed by atoms with Crippen molar-refractivity contribution in [3.8, 4) is 0 Å². The van der Waals surface area contributed by atoms with Crippen LogP contribution in [-0.4, -0.2) is 16.4 Å². The number of pyridine rings is 1. The molecule has 1 aliphatic rings. The van der Waals surface area contributed by atoms with Gasteiger partial charge in [0.1, 0.15) is 5.82 Å². The Hall–Kier alpha value is -1.36. The minimum atomic E-state index is -0.417. The molecule has 1 fully saturated rings. The molecule has 3 N–H and O–H groups in total. The van der Waals surface area contributed by atoms with Crippen molar-refractivity contribution in [2.24, 2.45) is 11.7 Å². The summed E-state index contributed by atoms with van der Waals surface area (Å²) in [6.07, 6.45) is 3.92. The summed E-state index contributed by atoms with van der Waals surface area (Å²) in [5.41, 5.74) is 6.75. The van der Waals surface area contributed by atoms with E-state index < -0.39 is 5.54 Å². The summed E-state index contributed by atoms with van der Waals surface area (Å²) in [5.74, 6) is 0.446. The zero-order valence-corrected chi connectivity index (χ0v) is 14.8. The van der Waals surface area contributed by atoms with Gasteiger partial charge in [0.25, 0.3) is 0 Å². The van der Waals surface area contributed by atoms with Crippen molar-refractivity contribution in [3.05, 3.63) is 36.4 Å². The fraction of sp³-hybridized carbons (Fsp3) is 0.412. The number of aromatic nitrogens is 1. The van der Waals surface area contributed by atoms with E-state index in [9.17, 15) is 4.79 Å². The molecule has 126 valence electrons. The van der Waals surface area contributed by atoms with Crippen LogP contribution in [-0.2, 0) is 4.79 Å². The van der Waals surface area contributed by atoms with E-state index in [2.05, 4.69) is 10.3 Å². The van der Waals surface area contributed by atoms with Crippen molar-refractivity contribution in [1.29, 1.82) is 0 Å². The molecule has 6 heteroatoms.